The smallest absolute Gasteiger partial charge is 0.269 e. The molecule has 0 aromatic carbocycles. The predicted octanol–water partition coefficient (Wildman–Crippen LogP) is 2.25. The molecule has 0 saturated carbocycles. The first-order valence-corrected chi connectivity index (χ1v) is 8.84. The van der Waals surface area contributed by atoms with Crippen molar-refractivity contribution in [3.63, 3.8) is 0 Å². The van der Waals surface area contributed by atoms with E-state index in [9.17, 15) is 4.79 Å². The number of rotatable bonds is 6. The summed E-state index contributed by atoms with van der Waals surface area (Å²) in [5, 5.41) is 2.99. The molecule has 6 heteroatoms. The highest BCUT2D eigenvalue weighted by atomic mass is 16.1. The zero-order valence-corrected chi connectivity index (χ0v) is 14.9. The van der Waals surface area contributed by atoms with Crippen molar-refractivity contribution in [2.45, 2.75) is 32.7 Å². The Morgan fingerprint density at radius 1 is 1.28 bits per heavy atom. The van der Waals surface area contributed by atoms with Crippen molar-refractivity contribution < 1.29 is 4.79 Å². The van der Waals surface area contributed by atoms with Crippen LogP contribution in [0.15, 0.2) is 36.8 Å². The molecule has 1 amide bonds. The predicted molar refractivity (Wildman–Crippen MR) is 96.1 cm³/mol. The van der Waals surface area contributed by atoms with Crippen LogP contribution in [0, 0.1) is 5.92 Å². The van der Waals surface area contributed by atoms with Crippen molar-refractivity contribution in [1.82, 2.24) is 25.2 Å². The molecule has 25 heavy (non-hydrogen) atoms. The van der Waals surface area contributed by atoms with E-state index in [1.165, 1.54) is 0 Å². The Morgan fingerprint density at radius 3 is 2.76 bits per heavy atom. The third-order valence-corrected chi connectivity index (χ3v) is 4.47. The van der Waals surface area contributed by atoms with Gasteiger partial charge in [-0.05, 0) is 31.0 Å². The van der Waals surface area contributed by atoms with E-state index in [1.807, 2.05) is 24.5 Å². The lowest BCUT2D eigenvalue weighted by Crippen LogP contribution is -2.31. The number of likely N-dealkylation sites (tertiary alicyclic amines) is 1. The molecular formula is C19H25N5O. The van der Waals surface area contributed by atoms with Crippen molar-refractivity contribution in [2.75, 3.05) is 19.6 Å². The van der Waals surface area contributed by atoms with Crippen LogP contribution in [0.1, 0.15) is 48.1 Å². The number of hydrogen-bond acceptors (Lipinski definition) is 5. The minimum atomic E-state index is -0.100. The summed E-state index contributed by atoms with van der Waals surface area (Å²) in [5.41, 5.74) is 1.61. The lowest BCUT2D eigenvalue weighted by molar-refractivity contribution is 0.0942. The van der Waals surface area contributed by atoms with Crippen molar-refractivity contribution in [3.05, 3.63) is 53.9 Å². The summed E-state index contributed by atoms with van der Waals surface area (Å²) in [4.78, 5) is 27.4. The van der Waals surface area contributed by atoms with Crippen LogP contribution in [0.25, 0.3) is 0 Å². The summed E-state index contributed by atoms with van der Waals surface area (Å²) < 4.78 is 0. The second-order valence-electron chi connectivity index (χ2n) is 6.92. The fourth-order valence-electron chi connectivity index (χ4n) is 3.05. The fourth-order valence-corrected chi connectivity index (χ4v) is 3.05. The molecular weight excluding hydrogens is 314 g/mol. The average Bonchev–Trinajstić information content (AvgIpc) is 3.08. The molecule has 0 aliphatic carbocycles. The highest BCUT2D eigenvalue weighted by molar-refractivity contribution is 5.92. The zero-order chi connectivity index (χ0) is 17.6. The number of aromatic nitrogens is 3. The second kappa shape index (κ2) is 8.16. The van der Waals surface area contributed by atoms with Crippen LogP contribution in [0.3, 0.4) is 0 Å². The van der Waals surface area contributed by atoms with E-state index >= 15 is 0 Å². The first-order chi connectivity index (χ1) is 12.1. The largest absolute Gasteiger partial charge is 0.350 e. The van der Waals surface area contributed by atoms with Crippen LogP contribution in [0.2, 0.25) is 0 Å². The number of amides is 1. The molecule has 1 fully saturated rings. The van der Waals surface area contributed by atoms with Crippen molar-refractivity contribution in [1.29, 1.82) is 0 Å². The standard InChI is InChI=1S/C19H25N5O/c1-14(2)18-21-10-16(11-22-18)13-24-8-6-15(12-24)9-23-19(25)17-5-3-4-7-20-17/h3-5,7,10-11,14-15H,6,8-9,12-13H2,1-2H3,(H,23,25). The molecule has 1 aliphatic rings. The highest BCUT2D eigenvalue weighted by Gasteiger charge is 2.23. The van der Waals surface area contributed by atoms with Gasteiger partial charge in [0.1, 0.15) is 11.5 Å². The van der Waals surface area contributed by atoms with E-state index in [0.717, 1.165) is 37.4 Å². The van der Waals surface area contributed by atoms with E-state index in [-0.39, 0.29) is 5.91 Å². The number of carbonyl (C=O) groups excluding carboxylic acids is 1. The summed E-state index contributed by atoms with van der Waals surface area (Å²) in [7, 11) is 0. The van der Waals surface area contributed by atoms with Gasteiger partial charge < -0.3 is 5.32 Å². The molecule has 3 rings (SSSR count). The number of hydrogen-bond donors (Lipinski definition) is 1. The summed E-state index contributed by atoms with van der Waals surface area (Å²) in [6.45, 7) is 7.76. The molecule has 132 valence electrons. The summed E-state index contributed by atoms with van der Waals surface area (Å²) >= 11 is 0. The van der Waals surface area contributed by atoms with Crippen molar-refractivity contribution in [2.24, 2.45) is 5.92 Å². The van der Waals surface area contributed by atoms with Gasteiger partial charge in [-0.15, -0.1) is 0 Å². The van der Waals surface area contributed by atoms with Crippen LogP contribution >= 0.6 is 0 Å². The van der Waals surface area contributed by atoms with E-state index in [2.05, 4.69) is 39.0 Å². The number of carbonyl (C=O) groups is 1. The Labute approximate surface area is 148 Å². The Hall–Kier alpha value is -2.34. The second-order valence-corrected chi connectivity index (χ2v) is 6.92. The van der Waals surface area contributed by atoms with Crippen LogP contribution in [0.4, 0.5) is 0 Å². The molecule has 1 atom stereocenters. The molecule has 1 aliphatic heterocycles. The Balaban J connectivity index is 1.45. The normalized spacial score (nSPS) is 17.8. The van der Waals surface area contributed by atoms with Crippen LogP contribution in [0.5, 0.6) is 0 Å². The first-order valence-electron chi connectivity index (χ1n) is 8.84. The quantitative estimate of drug-likeness (QED) is 0.874. The van der Waals surface area contributed by atoms with E-state index in [4.69, 9.17) is 0 Å². The average molecular weight is 339 g/mol. The van der Waals surface area contributed by atoms with Gasteiger partial charge in [-0.3, -0.25) is 14.7 Å². The molecule has 3 heterocycles. The molecule has 1 N–H and O–H groups in total. The molecule has 1 saturated heterocycles. The molecule has 0 radical (unpaired) electrons. The maximum absolute atomic E-state index is 12.1. The Kier molecular flexibility index (Phi) is 5.71. The number of nitrogens with one attached hydrogen (secondary N) is 1. The minimum absolute atomic E-state index is 0.100. The van der Waals surface area contributed by atoms with Gasteiger partial charge in [0.2, 0.25) is 0 Å². The van der Waals surface area contributed by atoms with Crippen LogP contribution in [-0.4, -0.2) is 45.4 Å². The van der Waals surface area contributed by atoms with Crippen LogP contribution < -0.4 is 5.32 Å². The third kappa shape index (κ3) is 4.82. The molecule has 0 spiro atoms. The maximum atomic E-state index is 12.1. The lowest BCUT2D eigenvalue weighted by atomic mass is 10.1. The molecule has 0 bridgehead atoms. The summed E-state index contributed by atoms with van der Waals surface area (Å²) in [5.74, 6) is 1.62. The lowest BCUT2D eigenvalue weighted by Gasteiger charge is -2.16. The van der Waals surface area contributed by atoms with Crippen molar-refractivity contribution in [3.8, 4) is 0 Å². The first kappa shape index (κ1) is 17.5. The van der Waals surface area contributed by atoms with E-state index in [0.29, 0.717) is 24.1 Å². The van der Waals surface area contributed by atoms with E-state index in [1.54, 1.807) is 12.3 Å². The molecule has 2 aromatic rings. The maximum Gasteiger partial charge on any atom is 0.269 e. The number of nitrogens with zero attached hydrogens (tertiary/aromatic N) is 4. The van der Waals surface area contributed by atoms with Crippen LogP contribution in [-0.2, 0) is 6.54 Å². The SMILES string of the molecule is CC(C)c1ncc(CN2CCC(CNC(=O)c3ccccn3)C2)cn1. The van der Waals surface area contributed by atoms with Gasteiger partial charge in [0.25, 0.3) is 5.91 Å². The highest BCUT2D eigenvalue weighted by Crippen LogP contribution is 2.18. The zero-order valence-electron chi connectivity index (χ0n) is 14.9. The monoisotopic (exact) mass is 339 g/mol. The van der Waals surface area contributed by atoms with E-state index < -0.39 is 0 Å². The molecule has 2 aromatic heterocycles. The van der Waals surface area contributed by atoms with Crippen molar-refractivity contribution >= 4 is 5.91 Å². The minimum Gasteiger partial charge on any atom is -0.350 e. The third-order valence-electron chi connectivity index (χ3n) is 4.47. The topological polar surface area (TPSA) is 71.0 Å². The molecule has 1 unspecified atom stereocenters. The van der Waals surface area contributed by atoms with Gasteiger partial charge in [0, 0.05) is 49.7 Å². The Morgan fingerprint density at radius 2 is 2.08 bits per heavy atom. The summed E-state index contributed by atoms with van der Waals surface area (Å²) in [6.07, 6.45) is 6.59. The summed E-state index contributed by atoms with van der Waals surface area (Å²) in [6, 6.07) is 5.37. The number of pyridine rings is 1. The van der Waals surface area contributed by atoms with Gasteiger partial charge in [-0.25, -0.2) is 9.97 Å². The Bertz CT molecular complexity index is 687. The van der Waals surface area contributed by atoms with Gasteiger partial charge >= 0.3 is 0 Å². The fraction of sp³-hybridized carbons (Fsp3) is 0.474. The van der Waals surface area contributed by atoms with Gasteiger partial charge in [0.05, 0.1) is 0 Å². The van der Waals surface area contributed by atoms with Gasteiger partial charge in [-0.1, -0.05) is 19.9 Å². The molecule has 6 nitrogen and oxygen atoms in total. The van der Waals surface area contributed by atoms with Gasteiger partial charge in [0.15, 0.2) is 0 Å². The van der Waals surface area contributed by atoms with Gasteiger partial charge in [-0.2, -0.15) is 0 Å².